The third-order valence-corrected chi connectivity index (χ3v) is 4.57. The van der Waals surface area contributed by atoms with Crippen molar-refractivity contribution in [2.24, 2.45) is 0 Å². The molecule has 2 fully saturated rings. The smallest absolute Gasteiger partial charge is 0.271 e. The van der Waals surface area contributed by atoms with Crippen molar-refractivity contribution >= 4 is 5.91 Å². The van der Waals surface area contributed by atoms with Gasteiger partial charge in [0.25, 0.3) is 5.91 Å². The van der Waals surface area contributed by atoms with Gasteiger partial charge in [-0.3, -0.25) is 9.78 Å². The van der Waals surface area contributed by atoms with E-state index in [2.05, 4.69) is 20.6 Å². The molecule has 1 atom stereocenters. The Kier molecular flexibility index (Phi) is 3.96. The van der Waals surface area contributed by atoms with Crippen LogP contribution in [0.15, 0.2) is 18.6 Å². The van der Waals surface area contributed by atoms with Crippen molar-refractivity contribution in [1.82, 2.24) is 20.6 Å². The van der Waals surface area contributed by atoms with Crippen LogP contribution in [0, 0.1) is 0 Å². The SMILES string of the molecule is O=C(NC1CCNC2(CCCCC2)C1)c1cnccn1. The molecule has 1 amide bonds. The number of carbonyl (C=O) groups excluding carboxylic acids is 1. The molecule has 0 radical (unpaired) electrons. The van der Waals surface area contributed by atoms with Crippen molar-refractivity contribution in [3.63, 3.8) is 0 Å². The molecule has 2 heterocycles. The average Bonchev–Trinajstić information content (AvgIpc) is 2.49. The Morgan fingerprint density at radius 3 is 2.90 bits per heavy atom. The Morgan fingerprint density at radius 1 is 1.30 bits per heavy atom. The predicted molar refractivity (Wildman–Crippen MR) is 76.3 cm³/mol. The Bertz CT molecular complexity index is 451. The third-order valence-electron chi connectivity index (χ3n) is 4.57. The standard InChI is InChI=1S/C15H22N4O/c20-14(13-11-16-8-9-17-13)19-12-4-7-18-15(10-12)5-2-1-3-6-15/h8-9,11-12,18H,1-7,10H2,(H,19,20). The number of carbonyl (C=O) groups is 1. The molecule has 108 valence electrons. The summed E-state index contributed by atoms with van der Waals surface area (Å²) in [5.41, 5.74) is 0.667. The summed E-state index contributed by atoms with van der Waals surface area (Å²) in [7, 11) is 0. The third kappa shape index (κ3) is 2.98. The van der Waals surface area contributed by atoms with E-state index in [0.717, 1.165) is 19.4 Å². The highest BCUT2D eigenvalue weighted by Crippen LogP contribution is 2.34. The van der Waals surface area contributed by atoms with E-state index in [0.29, 0.717) is 5.69 Å². The number of nitrogens with one attached hydrogen (secondary N) is 2. The molecule has 5 nitrogen and oxygen atoms in total. The van der Waals surface area contributed by atoms with Crippen molar-refractivity contribution in [1.29, 1.82) is 0 Å². The summed E-state index contributed by atoms with van der Waals surface area (Å²) in [6, 6.07) is 0.254. The first-order chi connectivity index (χ1) is 9.77. The molecule has 1 aromatic rings. The lowest BCUT2D eigenvalue weighted by Gasteiger charge is -2.44. The lowest BCUT2D eigenvalue weighted by atomic mass is 9.75. The highest BCUT2D eigenvalue weighted by Gasteiger charge is 2.37. The fourth-order valence-corrected chi connectivity index (χ4v) is 3.57. The molecule has 3 rings (SSSR count). The number of amides is 1. The Labute approximate surface area is 119 Å². The highest BCUT2D eigenvalue weighted by atomic mass is 16.1. The number of piperidine rings is 1. The van der Waals surface area contributed by atoms with Crippen LogP contribution >= 0.6 is 0 Å². The molecule has 1 spiro atoms. The lowest BCUT2D eigenvalue weighted by Crippen LogP contribution is -2.57. The van der Waals surface area contributed by atoms with Gasteiger partial charge in [0, 0.05) is 24.0 Å². The molecule has 1 unspecified atom stereocenters. The molecular formula is C15H22N4O. The molecule has 1 aliphatic carbocycles. The molecule has 1 aromatic heterocycles. The van der Waals surface area contributed by atoms with Gasteiger partial charge in [0.05, 0.1) is 6.20 Å². The van der Waals surface area contributed by atoms with Gasteiger partial charge in [-0.15, -0.1) is 0 Å². The van der Waals surface area contributed by atoms with Crippen LogP contribution in [0.25, 0.3) is 0 Å². The molecule has 2 aliphatic rings. The van der Waals surface area contributed by atoms with Crippen LogP contribution in [0.2, 0.25) is 0 Å². The van der Waals surface area contributed by atoms with E-state index >= 15 is 0 Å². The van der Waals surface area contributed by atoms with Gasteiger partial charge in [0.1, 0.15) is 5.69 Å². The monoisotopic (exact) mass is 274 g/mol. The van der Waals surface area contributed by atoms with Gasteiger partial charge in [0.15, 0.2) is 0 Å². The number of aromatic nitrogens is 2. The van der Waals surface area contributed by atoms with Crippen LogP contribution in [0.4, 0.5) is 0 Å². The maximum absolute atomic E-state index is 12.2. The second-order valence-electron chi connectivity index (χ2n) is 6.02. The Balaban J connectivity index is 1.61. The van der Waals surface area contributed by atoms with Crippen molar-refractivity contribution < 1.29 is 4.79 Å². The first-order valence-electron chi connectivity index (χ1n) is 7.59. The molecule has 20 heavy (non-hydrogen) atoms. The van der Waals surface area contributed by atoms with E-state index < -0.39 is 0 Å². The topological polar surface area (TPSA) is 66.9 Å². The fraction of sp³-hybridized carbons (Fsp3) is 0.667. The van der Waals surface area contributed by atoms with Gasteiger partial charge in [-0.05, 0) is 32.2 Å². The Hall–Kier alpha value is -1.49. The van der Waals surface area contributed by atoms with E-state index in [4.69, 9.17) is 0 Å². The minimum Gasteiger partial charge on any atom is -0.348 e. The second kappa shape index (κ2) is 5.87. The zero-order valence-electron chi connectivity index (χ0n) is 11.8. The molecule has 0 bridgehead atoms. The Morgan fingerprint density at radius 2 is 2.15 bits per heavy atom. The van der Waals surface area contributed by atoms with Gasteiger partial charge in [-0.1, -0.05) is 19.3 Å². The molecule has 5 heteroatoms. The van der Waals surface area contributed by atoms with Crippen molar-refractivity contribution in [2.45, 2.75) is 56.5 Å². The van der Waals surface area contributed by atoms with Crippen LogP contribution in [0.1, 0.15) is 55.4 Å². The normalized spacial score (nSPS) is 25.3. The summed E-state index contributed by atoms with van der Waals surface area (Å²) < 4.78 is 0. The van der Waals surface area contributed by atoms with E-state index in [9.17, 15) is 4.79 Å². The lowest BCUT2D eigenvalue weighted by molar-refractivity contribution is 0.0887. The zero-order valence-corrected chi connectivity index (χ0v) is 11.8. The van der Waals surface area contributed by atoms with Crippen molar-refractivity contribution in [3.8, 4) is 0 Å². The second-order valence-corrected chi connectivity index (χ2v) is 6.02. The van der Waals surface area contributed by atoms with Gasteiger partial charge in [-0.25, -0.2) is 4.98 Å². The molecule has 0 aromatic carbocycles. The summed E-state index contributed by atoms with van der Waals surface area (Å²) in [4.78, 5) is 20.2. The van der Waals surface area contributed by atoms with E-state index in [1.54, 1.807) is 12.4 Å². The first kappa shape index (κ1) is 13.5. The van der Waals surface area contributed by atoms with Crippen LogP contribution in [-0.4, -0.2) is 34.0 Å². The minimum absolute atomic E-state index is 0.101. The quantitative estimate of drug-likeness (QED) is 0.860. The molecular weight excluding hydrogens is 252 g/mol. The summed E-state index contributed by atoms with van der Waals surface area (Å²) in [5.74, 6) is -0.101. The van der Waals surface area contributed by atoms with Crippen LogP contribution in [0.5, 0.6) is 0 Å². The summed E-state index contributed by atoms with van der Waals surface area (Å²) in [5, 5.41) is 6.82. The number of hydrogen-bond donors (Lipinski definition) is 2. The van der Waals surface area contributed by atoms with E-state index in [1.807, 2.05) is 0 Å². The predicted octanol–water partition coefficient (Wildman–Crippen LogP) is 1.66. The van der Waals surface area contributed by atoms with Crippen LogP contribution in [-0.2, 0) is 0 Å². The van der Waals surface area contributed by atoms with Crippen LogP contribution in [0.3, 0.4) is 0 Å². The fourth-order valence-electron chi connectivity index (χ4n) is 3.57. The maximum atomic E-state index is 12.2. The largest absolute Gasteiger partial charge is 0.348 e. The number of rotatable bonds is 2. The van der Waals surface area contributed by atoms with E-state index in [1.165, 1.54) is 38.3 Å². The number of hydrogen-bond acceptors (Lipinski definition) is 4. The summed E-state index contributed by atoms with van der Waals surface area (Å²) >= 11 is 0. The molecule has 1 aliphatic heterocycles. The summed E-state index contributed by atoms with van der Waals surface area (Å²) in [6.45, 7) is 0.991. The van der Waals surface area contributed by atoms with Gasteiger partial charge >= 0.3 is 0 Å². The average molecular weight is 274 g/mol. The van der Waals surface area contributed by atoms with Gasteiger partial charge in [0.2, 0.25) is 0 Å². The van der Waals surface area contributed by atoms with Crippen molar-refractivity contribution in [3.05, 3.63) is 24.3 Å². The maximum Gasteiger partial charge on any atom is 0.271 e. The zero-order chi connectivity index (χ0) is 13.8. The molecule has 1 saturated carbocycles. The molecule has 1 saturated heterocycles. The first-order valence-corrected chi connectivity index (χ1v) is 7.59. The highest BCUT2D eigenvalue weighted by molar-refractivity contribution is 5.92. The van der Waals surface area contributed by atoms with Crippen LogP contribution < -0.4 is 10.6 Å². The number of nitrogens with zero attached hydrogens (tertiary/aromatic N) is 2. The minimum atomic E-state index is -0.101. The van der Waals surface area contributed by atoms with Gasteiger partial charge in [-0.2, -0.15) is 0 Å². The molecule has 2 N–H and O–H groups in total. The van der Waals surface area contributed by atoms with E-state index in [-0.39, 0.29) is 17.5 Å². The summed E-state index contributed by atoms with van der Waals surface area (Å²) in [6.07, 6.45) is 13.1. The van der Waals surface area contributed by atoms with Crippen molar-refractivity contribution in [2.75, 3.05) is 6.54 Å². The van der Waals surface area contributed by atoms with Gasteiger partial charge < -0.3 is 10.6 Å².